The maximum absolute atomic E-state index is 12.4. The Bertz CT molecular complexity index is 528. The summed E-state index contributed by atoms with van der Waals surface area (Å²) in [4.78, 5) is 2.68. The summed E-state index contributed by atoms with van der Waals surface area (Å²) in [6.07, 6.45) is 1.97. The molecule has 1 unspecified atom stereocenters. The third kappa shape index (κ3) is 3.55. The quantitative estimate of drug-likeness (QED) is 0.915. The summed E-state index contributed by atoms with van der Waals surface area (Å²) in [6.45, 7) is 6.79. The van der Waals surface area contributed by atoms with Crippen LogP contribution in [0.25, 0.3) is 0 Å². The van der Waals surface area contributed by atoms with E-state index in [2.05, 4.69) is 16.5 Å². The lowest BCUT2D eigenvalue weighted by molar-refractivity contribution is 0.211. The van der Waals surface area contributed by atoms with Crippen molar-refractivity contribution in [3.05, 3.63) is 29.8 Å². The largest absolute Gasteiger partial charge is 0.302 e. The van der Waals surface area contributed by atoms with Gasteiger partial charge in [0, 0.05) is 12.6 Å². The summed E-state index contributed by atoms with van der Waals surface area (Å²) in [5.41, 5.74) is 0.790. The minimum atomic E-state index is -3.40. The second kappa shape index (κ2) is 6.03. The monoisotopic (exact) mass is 282 g/mol. The number of likely N-dealkylation sites (tertiary alicyclic amines) is 1. The molecule has 1 heterocycles. The number of rotatable bonds is 4. The topological polar surface area (TPSA) is 49.4 Å². The Hall–Kier alpha value is -0.910. The number of sulfonamides is 1. The van der Waals surface area contributed by atoms with Gasteiger partial charge >= 0.3 is 0 Å². The molecular formula is C14H22N2O2S. The molecule has 1 aliphatic heterocycles. The van der Waals surface area contributed by atoms with Gasteiger partial charge in [0.25, 0.3) is 0 Å². The van der Waals surface area contributed by atoms with E-state index in [1.54, 1.807) is 12.1 Å². The van der Waals surface area contributed by atoms with E-state index in [-0.39, 0.29) is 6.04 Å². The molecule has 19 heavy (non-hydrogen) atoms. The molecule has 0 amide bonds. The van der Waals surface area contributed by atoms with Gasteiger partial charge in [-0.25, -0.2) is 13.1 Å². The highest BCUT2D eigenvalue weighted by Crippen LogP contribution is 2.17. The van der Waals surface area contributed by atoms with Crippen molar-refractivity contribution in [2.45, 2.75) is 37.6 Å². The summed E-state index contributed by atoms with van der Waals surface area (Å²) in [5.74, 6) is 0. The number of hydrogen-bond acceptors (Lipinski definition) is 3. The number of aryl methyl sites for hydroxylation is 1. The molecular weight excluding hydrogens is 260 g/mol. The SMILES string of the molecule is CCN1CCCC(NS(=O)(=O)c2ccccc2C)C1. The van der Waals surface area contributed by atoms with Crippen molar-refractivity contribution in [2.24, 2.45) is 0 Å². The van der Waals surface area contributed by atoms with Crippen molar-refractivity contribution in [1.82, 2.24) is 9.62 Å². The van der Waals surface area contributed by atoms with Crippen molar-refractivity contribution in [1.29, 1.82) is 0 Å². The summed E-state index contributed by atoms with van der Waals surface area (Å²) in [6, 6.07) is 7.14. The van der Waals surface area contributed by atoms with Gasteiger partial charge < -0.3 is 4.90 Å². The third-order valence-electron chi connectivity index (χ3n) is 3.66. The lowest BCUT2D eigenvalue weighted by Crippen LogP contribution is -2.47. The van der Waals surface area contributed by atoms with Crippen molar-refractivity contribution in [3.63, 3.8) is 0 Å². The zero-order valence-electron chi connectivity index (χ0n) is 11.6. The molecule has 4 nitrogen and oxygen atoms in total. The van der Waals surface area contributed by atoms with Gasteiger partial charge in [-0.05, 0) is 44.5 Å². The lowest BCUT2D eigenvalue weighted by Gasteiger charge is -2.32. The Morgan fingerprint density at radius 2 is 2.11 bits per heavy atom. The second-order valence-corrected chi connectivity index (χ2v) is 6.80. The predicted octanol–water partition coefficient (Wildman–Crippen LogP) is 1.76. The van der Waals surface area contributed by atoms with E-state index in [0.29, 0.717) is 4.90 Å². The van der Waals surface area contributed by atoms with Crippen LogP contribution in [0.5, 0.6) is 0 Å². The number of benzene rings is 1. The molecule has 0 bridgehead atoms. The molecule has 1 fully saturated rings. The molecule has 0 saturated carbocycles. The molecule has 1 atom stereocenters. The summed E-state index contributed by atoms with van der Waals surface area (Å²) in [7, 11) is -3.40. The molecule has 0 aliphatic carbocycles. The van der Waals surface area contributed by atoms with Gasteiger partial charge in [0.1, 0.15) is 0 Å². The highest BCUT2D eigenvalue weighted by Gasteiger charge is 2.25. The van der Waals surface area contributed by atoms with E-state index in [4.69, 9.17) is 0 Å². The van der Waals surface area contributed by atoms with Crippen molar-refractivity contribution in [2.75, 3.05) is 19.6 Å². The fourth-order valence-electron chi connectivity index (χ4n) is 2.58. The third-order valence-corrected chi connectivity index (χ3v) is 5.34. The number of likely N-dealkylation sites (N-methyl/N-ethyl adjacent to an activating group) is 1. The Morgan fingerprint density at radius 1 is 1.37 bits per heavy atom. The Morgan fingerprint density at radius 3 is 2.79 bits per heavy atom. The Kier molecular flexibility index (Phi) is 4.60. The molecule has 1 saturated heterocycles. The van der Waals surface area contributed by atoms with Crippen LogP contribution in [-0.4, -0.2) is 39.0 Å². The van der Waals surface area contributed by atoms with Crippen LogP contribution in [0.1, 0.15) is 25.3 Å². The minimum absolute atomic E-state index is 0.0262. The van der Waals surface area contributed by atoms with Gasteiger partial charge in [0.2, 0.25) is 10.0 Å². The highest BCUT2D eigenvalue weighted by molar-refractivity contribution is 7.89. The molecule has 0 radical (unpaired) electrons. The number of nitrogens with one attached hydrogen (secondary N) is 1. The van der Waals surface area contributed by atoms with E-state index in [1.807, 2.05) is 19.1 Å². The number of piperidine rings is 1. The normalized spacial score (nSPS) is 21.5. The van der Waals surface area contributed by atoms with Gasteiger partial charge in [-0.2, -0.15) is 0 Å². The molecule has 1 aliphatic rings. The molecule has 1 aromatic carbocycles. The van der Waals surface area contributed by atoms with Crippen LogP contribution in [0, 0.1) is 6.92 Å². The first-order chi connectivity index (χ1) is 9.03. The summed E-state index contributed by atoms with van der Waals surface area (Å²) < 4.78 is 27.6. The fraction of sp³-hybridized carbons (Fsp3) is 0.571. The molecule has 2 rings (SSSR count). The van der Waals surface area contributed by atoms with Crippen LogP contribution in [0.4, 0.5) is 0 Å². The van der Waals surface area contributed by atoms with Crippen LogP contribution in [0.15, 0.2) is 29.2 Å². The van der Waals surface area contributed by atoms with Crippen molar-refractivity contribution in [3.8, 4) is 0 Å². The molecule has 0 aromatic heterocycles. The first kappa shape index (κ1) is 14.5. The van der Waals surface area contributed by atoms with Gasteiger partial charge in [-0.3, -0.25) is 0 Å². The Labute approximate surface area is 115 Å². The van der Waals surface area contributed by atoms with Gasteiger partial charge in [0.05, 0.1) is 4.90 Å². The van der Waals surface area contributed by atoms with Crippen LogP contribution in [-0.2, 0) is 10.0 Å². The van der Waals surface area contributed by atoms with Crippen molar-refractivity contribution >= 4 is 10.0 Å². The maximum atomic E-state index is 12.4. The second-order valence-electron chi connectivity index (χ2n) is 5.12. The lowest BCUT2D eigenvalue weighted by atomic mass is 10.1. The van der Waals surface area contributed by atoms with Crippen LogP contribution < -0.4 is 4.72 Å². The zero-order valence-corrected chi connectivity index (χ0v) is 12.4. The molecule has 106 valence electrons. The van der Waals surface area contributed by atoms with Crippen LogP contribution in [0.3, 0.4) is 0 Å². The fourth-order valence-corrected chi connectivity index (χ4v) is 4.09. The van der Waals surface area contributed by atoms with E-state index in [9.17, 15) is 8.42 Å². The average Bonchev–Trinajstić information content (AvgIpc) is 2.38. The average molecular weight is 282 g/mol. The van der Waals surface area contributed by atoms with E-state index in [1.165, 1.54) is 0 Å². The molecule has 0 spiro atoms. The first-order valence-electron chi connectivity index (χ1n) is 6.83. The zero-order chi connectivity index (χ0) is 13.9. The summed E-state index contributed by atoms with van der Waals surface area (Å²) >= 11 is 0. The van der Waals surface area contributed by atoms with Gasteiger partial charge in [-0.1, -0.05) is 25.1 Å². The molecule has 1 aromatic rings. The molecule has 5 heteroatoms. The predicted molar refractivity (Wildman–Crippen MR) is 76.6 cm³/mol. The van der Waals surface area contributed by atoms with E-state index >= 15 is 0 Å². The van der Waals surface area contributed by atoms with E-state index < -0.39 is 10.0 Å². The van der Waals surface area contributed by atoms with Crippen LogP contribution in [0.2, 0.25) is 0 Å². The smallest absolute Gasteiger partial charge is 0.241 e. The van der Waals surface area contributed by atoms with Crippen molar-refractivity contribution < 1.29 is 8.42 Å². The first-order valence-corrected chi connectivity index (χ1v) is 8.31. The number of nitrogens with zero attached hydrogens (tertiary/aromatic N) is 1. The van der Waals surface area contributed by atoms with E-state index in [0.717, 1.165) is 38.0 Å². The number of hydrogen-bond donors (Lipinski definition) is 1. The summed E-state index contributed by atoms with van der Waals surface area (Å²) in [5, 5.41) is 0. The van der Waals surface area contributed by atoms with Crippen LogP contribution >= 0.6 is 0 Å². The minimum Gasteiger partial charge on any atom is -0.302 e. The van der Waals surface area contributed by atoms with Gasteiger partial charge in [-0.15, -0.1) is 0 Å². The highest BCUT2D eigenvalue weighted by atomic mass is 32.2. The Balaban J connectivity index is 2.11. The van der Waals surface area contributed by atoms with Gasteiger partial charge in [0.15, 0.2) is 0 Å². The maximum Gasteiger partial charge on any atom is 0.241 e. The standard InChI is InChI=1S/C14H22N2O2S/c1-3-16-10-6-8-13(11-16)15-19(17,18)14-9-5-4-7-12(14)2/h4-5,7,9,13,15H,3,6,8,10-11H2,1-2H3. The molecule has 1 N–H and O–H groups in total.